The SMILES string of the molecule is COc1ccc(/C=C2\CCCN=C2c2ccc3ncccc3c2)c(F)c1.Cl.Cl. The van der Waals surface area contributed by atoms with Crippen LogP contribution in [0.4, 0.5) is 4.39 Å². The average molecular weight is 419 g/mol. The first-order valence-corrected chi connectivity index (χ1v) is 8.69. The van der Waals surface area contributed by atoms with E-state index in [1.165, 1.54) is 13.2 Å². The van der Waals surface area contributed by atoms with Crippen molar-refractivity contribution in [3.8, 4) is 5.75 Å². The Morgan fingerprint density at radius 3 is 2.71 bits per heavy atom. The molecule has 3 aromatic rings. The van der Waals surface area contributed by atoms with Crippen LogP contribution in [-0.4, -0.2) is 24.4 Å². The van der Waals surface area contributed by atoms with Crippen LogP contribution in [0.1, 0.15) is 24.0 Å². The van der Waals surface area contributed by atoms with Gasteiger partial charge in [-0.2, -0.15) is 0 Å². The second-order valence-corrected chi connectivity index (χ2v) is 6.30. The van der Waals surface area contributed by atoms with Crippen molar-refractivity contribution in [3.63, 3.8) is 0 Å². The normalized spacial score (nSPS) is 14.8. The van der Waals surface area contributed by atoms with E-state index >= 15 is 0 Å². The minimum atomic E-state index is -0.288. The predicted octanol–water partition coefficient (Wildman–Crippen LogP) is 5.89. The molecule has 0 N–H and O–H groups in total. The number of pyridine rings is 1. The molecule has 0 saturated carbocycles. The number of rotatable bonds is 3. The summed E-state index contributed by atoms with van der Waals surface area (Å²) >= 11 is 0. The van der Waals surface area contributed by atoms with Crippen LogP contribution in [0.3, 0.4) is 0 Å². The summed E-state index contributed by atoms with van der Waals surface area (Å²) in [6.07, 6.45) is 5.55. The van der Waals surface area contributed by atoms with Gasteiger partial charge in [0.15, 0.2) is 0 Å². The Morgan fingerprint density at radius 2 is 1.93 bits per heavy atom. The molecule has 0 atom stereocenters. The molecule has 0 fully saturated rings. The average Bonchev–Trinajstić information content (AvgIpc) is 2.69. The maximum atomic E-state index is 14.4. The summed E-state index contributed by atoms with van der Waals surface area (Å²) in [5.41, 5.74) is 4.56. The van der Waals surface area contributed by atoms with Gasteiger partial charge >= 0.3 is 0 Å². The lowest BCUT2D eigenvalue weighted by Crippen LogP contribution is -2.12. The Hall–Kier alpha value is -2.43. The molecule has 146 valence electrons. The van der Waals surface area contributed by atoms with Gasteiger partial charge in [0.2, 0.25) is 0 Å². The molecule has 0 spiro atoms. The molecule has 28 heavy (non-hydrogen) atoms. The van der Waals surface area contributed by atoms with E-state index in [1.807, 2.05) is 30.3 Å². The van der Waals surface area contributed by atoms with Crippen LogP contribution in [0, 0.1) is 5.82 Å². The van der Waals surface area contributed by atoms with Crippen LogP contribution in [-0.2, 0) is 0 Å². The summed E-state index contributed by atoms with van der Waals surface area (Å²) in [5.74, 6) is 0.230. The number of benzene rings is 2. The molecule has 1 aliphatic rings. The Kier molecular flexibility index (Phi) is 7.55. The van der Waals surface area contributed by atoms with Crippen LogP contribution in [0.2, 0.25) is 0 Å². The van der Waals surface area contributed by atoms with Crippen LogP contribution >= 0.6 is 24.8 Å². The van der Waals surface area contributed by atoms with Gasteiger partial charge in [-0.05, 0) is 54.8 Å². The standard InChI is InChI=1S/C22H19FN2O.2ClH/c1-26-19-8-6-15(20(23)14-19)12-17-5-3-11-25-22(17)18-7-9-21-16(13-18)4-2-10-24-21;;/h2,4,6-10,12-14H,3,5,11H2,1H3;2*1H/b17-12+;;. The smallest absolute Gasteiger partial charge is 0.134 e. The fraction of sp³-hybridized carbons (Fsp3) is 0.182. The molecule has 0 unspecified atom stereocenters. The second-order valence-electron chi connectivity index (χ2n) is 6.30. The van der Waals surface area contributed by atoms with E-state index < -0.39 is 0 Å². The maximum Gasteiger partial charge on any atom is 0.134 e. The van der Waals surface area contributed by atoms with Crippen molar-refractivity contribution in [2.45, 2.75) is 12.8 Å². The summed E-state index contributed by atoms with van der Waals surface area (Å²) in [5, 5.41) is 1.08. The molecule has 1 aromatic heterocycles. The highest BCUT2D eigenvalue weighted by atomic mass is 35.5. The molecule has 0 amide bonds. The first-order chi connectivity index (χ1) is 12.7. The van der Waals surface area contributed by atoms with Gasteiger partial charge in [-0.3, -0.25) is 9.98 Å². The third-order valence-electron chi connectivity index (χ3n) is 4.59. The zero-order chi connectivity index (χ0) is 17.9. The van der Waals surface area contributed by atoms with E-state index in [-0.39, 0.29) is 30.6 Å². The van der Waals surface area contributed by atoms with E-state index in [2.05, 4.69) is 11.1 Å². The predicted molar refractivity (Wildman–Crippen MR) is 118 cm³/mol. The van der Waals surface area contributed by atoms with Crippen LogP contribution < -0.4 is 4.74 Å². The van der Waals surface area contributed by atoms with E-state index in [4.69, 9.17) is 9.73 Å². The molecule has 6 heteroatoms. The van der Waals surface area contributed by atoms with Gasteiger partial charge in [-0.1, -0.05) is 12.1 Å². The fourth-order valence-electron chi connectivity index (χ4n) is 3.26. The lowest BCUT2D eigenvalue weighted by Gasteiger charge is -2.17. The highest BCUT2D eigenvalue weighted by Crippen LogP contribution is 2.26. The summed E-state index contributed by atoms with van der Waals surface area (Å²) in [7, 11) is 1.54. The van der Waals surface area contributed by atoms with Crippen LogP contribution in [0.25, 0.3) is 17.0 Å². The van der Waals surface area contributed by atoms with Crippen molar-refractivity contribution in [3.05, 3.63) is 77.2 Å². The number of hydrogen-bond acceptors (Lipinski definition) is 3. The van der Waals surface area contributed by atoms with Crippen molar-refractivity contribution < 1.29 is 9.13 Å². The number of fused-ring (bicyclic) bond motifs is 1. The Labute approximate surface area is 176 Å². The number of aromatic nitrogens is 1. The van der Waals surface area contributed by atoms with E-state index in [1.54, 1.807) is 18.3 Å². The summed E-state index contributed by atoms with van der Waals surface area (Å²) in [6.45, 7) is 0.794. The number of allylic oxidation sites excluding steroid dienone is 1. The topological polar surface area (TPSA) is 34.5 Å². The van der Waals surface area contributed by atoms with Crippen molar-refractivity contribution >= 4 is 47.5 Å². The number of aliphatic imine (C=N–C) groups is 1. The molecule has 0 bridgehead atoms. The molecular formula is C22H21Cl2FN2O. The number of methoxy groups -OCH3 is 1. The number of ether oxygens (including phenoxy) is 1. The summed E-state index contributed by atoms with van der Waals surface area (Å²) in [4.78, 5) is 9.09. The Balaban J connectivity index is 0.00000140. The van der Waals surface area contributed by atoms with E-state index in [0.29, 0.717) is 11.3 Å². The van der Waals surface area contributed by atoms with Crippen LogP contribution in [0.15, 0.2) is 65.3 Å². The third kappa shape index (κ3) is 4.51. The molecule has 2 aromatic carbocycles. The molecule has 2 heterocycles. The number of nitrogens with zero attached hydrogens (tertiary/aromatic N) is 2. The lowest BCUT2D eigenvalue weighted by atomic mass is 9.93. The van der Waals surface area contributed by atoms with Gasteiger partial charge in [0, 0.05) is 35.3 Å². The van der Waals surface area contributed by atoms with Crippen molar-refractivity contribution in [1.29, 1.82) is 0 Å². The maximum absolute atomic E-state index is 14.4. The molecule has 1 aliphatic heterocycles. The molecule has 4 rings (SSSR count). The fourth-order valence-corrected chi connectivity index (χ4v) is 3.26. The molecule has 3 nitrogen and oxygen atoms in total. The zero-order valence-corrected chi connectivity index (χ0v) is 17.0. The molecular weight excluding hydrogens is 398 g/mol. The first kappa shape index (κ1) is 21.9. The van der Waals surface area contributed by atoms with Crippen molar-refractivity contribution in [1.82, 2.24) is 4.98 Å². The van der Waals surface area contributed by atoms with Gasteiger partial charge in [-0.25, -0.2) is 4.39 Å². The number of hydrogen-bond donors (Lipinski definition) is 0. The van der Waals surface area contributed by atoms with Crippen LogP contribution in [0.5, 0.6) is 5.75 Å². The van der Waals surface area contributed by atoms with Crippen molar-refractivity contribution in [2.24, 2.45) is 4.99 Å². The monoisotopic (exact) mass is 418 g/mol. The van der Waals surface area contributed by atoms with Gasteiger partial charge in [0.05, 0.1) is 18.3 Å². The Morgan fingerprint density at radius 1 is 1.07 bits per heavy atom. The molecule has 0 radical (unpaired) electrons. The van der Waals surface area contributed by atoms with Gasteiger partial charge in [0.1, 0.15) is 11.6 Å². The molecule has 0 saturated heterocycles. The Bertz CT molecular complexity index is 1030. The van der Waals surface area contributed by atoms with E-state index in [0.717, 1.165) is 47.1 Å². The summed E-state index contributed by atoms with van der Waals surface area (Å²) in [6, 6.07) is 15.1. The quantitative estimate of drug-likeness (QED) is 0.530. The highest BCUT2D eigenvalue weighted by molar-refractivity contribution is 6.16. The minimum Gasteiger partial charge on any atom is -0.497 e. The lowest BCUT2D eigenvalue weighted by molar-refractivity contribution is 0.411. The van der Waals surface area contributed by atoms with E-state index in [9.17, 15) is 4.39 Å². The van der Waals surface area contributed by atoms with Crippen molar-refractivity contribution in [2.75, 3.05) is 13.7 Å². The minimum absolute atomic E-state index is 0. The number of halogens is 3. The second kappa shape index (κ2) is 9.67. The van der Waals surface area contributed by atoms with Gasteiger partial charge in [0.25, 0.3) is 0 Å². The largest absolute Gasteiger partial charge is 0.497 e. The first-order valence-electron chi connectivity index (χ1n) is 8.69. The molecule has 0 aliphatic carbocycles. The zero-order valence-electron chi connectivity index (χ0n) is 15.4. The third-order valence-corrected chi connectivity index (χ3v) is 4.59. The highest BCUT2D eigenvalue weighted by Gasteiger charge is 2.15. The van der Waals surface area contributed by atoms with Gasteiger partial charge in [-0.15, -0.1) is 24.8 Å². The summed E-state index contributed by atoms with van der Waals surface area (Å²) < 4.78 is 19.4. The van der Waals surface area contributed by atoms with Gasteiger partial charge < -0.3 is 4.74 Å².